The molecule has 1 aromatic rings. The minimum Gasteiger partial charge on any atom is -0.235 e. The van der Waals surface area contributed by atoms with E-state index in [2.05, 4.69) is 16.3 Å². The van der Waals surface area contributed by atoms with Crippen molar-refractivity contribution in [1.82, 2.24) is 0 Å². The van der Waals surface area contributed by atoms with E-state index in [1.807, 2.05) is 0 Å². The Morgan fingerprint density at radius 2 is 1.63 bits per heavy atom. The van der Waals surface area contributed by atoms with E-state index < -0.39 is 20.7 Å². The van der Waals surface area contributed by atoms with E-state index in [9.17, 15) is 17.4 Å². The van der Waals surface area contributed by atoms with Gasteiger partial charge in [-0.1, -0.05) is 24.1 Å². The summed E-state index contributed by atoms with van der Waals surface area (Å²) < 4.78 is 54.1. The summed E-state index contributed by atoms with van der Waals surface area (Å²) in [4.78, 5) is -0.384. The van der Waals surface area contributed by atoms with Gasteiger partial charge in [-0.15, -0.1) is 4.36 Å². The van der Waals surface area contributed by atoms with Crippen LogP contribution in [0, 0.1) is 17.4 Å². The minimum atomic E-state index is -4.96. The van der Waals surface area contributed by atoms with E-state index >= 15 is 0 Å². The van der Waals surface area contributed by atoms with Crippen LogP contribution in [0.3, 0.4) is 0 Å². The van der Waals surface area contributed by atoms with Crippen LogP contribution in [0.4, 0.5) is 13.2 Å². The molecule has 0 N–H and O–H groups in total. The molecule has 0 aliphatic heterocycles. The first-order valence-corrected chi connectivity index (χ1v) is 6.97. The van der Waals surface area contributed by atoms with Gasteiger partial charge in [0.2, 0.25) is 0 Å². The van der Waals surface area contributed by atoms with Crippen LogP contribution in [0.25, 0.3) is 0 Å². The van der Waals surface area contributed by atoms with Crippen molar-refractivity contribution in [3.63, 3.8) is 0 Å². The molecule has 0 saturated carbocycles. The third-order valence-electron chi connectivity index (χ3n) is 1.98. The van der Waals surface area contributed by atoms with E-state index in [0.29, 0.717) is 0 Å². The molecule has 0 radical (unpaired) electrons. The molecule has 0 saturated heterocycles. The fraction of sp³-hybridized carbons (Fsp3) is 0.385. The second kappa shape index (κ2) is 5.25. The third-order valence-corrected chi connectivity index (χ3v) is 3.87. The lowest BCUT2D eigenvalue weighted by Gasteiger charge is -2.12. The Morgan fingerprint density at radius 1 is 1.11 bits per heavy atom. The summed E-state index contributed by atoms with van der Waals surface area (Å²) in [6.07, 6.45) is 0. The monoisotopic (exact) mass is 289 g/mol. The van der Waals surface area contributed by atoms with E-state index in [-0.39, 0.29) is 4.90 Å². The lowest BCUT2D eigenvalue weighted by molar-refractivity contribution is -0.0402. The molecular formula is C13H14F3NOS. The molecule has 0 aliphatic carbocycles. The first kappa shape index (κ1) is 15.6. The predicted molar refractivity (Wildman–Crippen MR) is 68.6 cm³/mol. The zero-order chi connectivity index (χ0) is 14.7. The van der Waals surface area contributed by atoms with Gasteiger partial charge >= 0.3 is 5.51 Å². The zero-order valence-corrected chi connectivity index (χ0v) is 11.6. The molecule has 104 valence electrons. The van der Waals surface area contributed by atoms with Gasteiger partial charge in [-0.05, 0) is 32.9 Å². The summed E-state index contributed by atoms with van der Waals surface area (Å²) in [7, 11) is -4.55. The second-order valence-electron chi connectivity index (χ2n) is 4.86. The standard InChI is InChI=1S/C13H14F3NOS/c1-12(2,3)9-10-17-19(18,13(14,15)16)11-7-5-4-6-8-11/h4-8H,1-3H3. The highest BCUT2D eigenvalue weighted by molar-refractivity contribution is 7.94. The van der Waals surface area contributed by atoms with Crippen LogP contribution in [0.2, 0.25) is 0 Å². The van der Waals surface area contributed by atoms with E-state index in [4.69, 9.17) is 0 Å². The van der Waals surface area contributed by atoms with Gasteiger partial charge in [0, 0.05) is 11.5 Å². The van der Waals surface area contributed by atoms with Gasteiger partial charge in [0.15, 0.2) is 9.73 Å². The van der Waals surface area contributed by atoms with Crippen LogP contribution >= 0.6 is 0 Å². The van der Waals surface area contributed by atoms with Crippen molar-refractivity contribution in [2.45, 2.75) is 31.2 Å². The number of hydrogen-bond donors (Lipinski definition) is 0. The molecule has 1 rings (SSSR count). The second-order valence-corrected chi connectivity index (χ2v) is 7.03. The van der Waals surface area contributed by atoms with Crippen molar-refractivity contribution in [2.75, 3.05) is 0 Å². The van der Waals surface area contributed by atoms with Crippen molar-refractivity contribution in [1.29, 1.82) is 0 Å². The maximum atomic E-state index is 13.0. The number of rotatable bonds is 1. The number of nitrogens with zero attached hydrogens (tertiary/aromatic N) is 1. The smallest absolute Gasteiger partial charge is 0.235 e. The van der Waals surface area contributed by atoms with Crippen LogP contribution in [-0.4, -0.2) is 9.72 Å². The number of hydrogen-bond acceptors (Lipinski definition) is 2. The molecule has 0 aliphatic rings. The summed E-state index contributed by atoms with van der Waals surface area (Å²) in [5.41, 5.74) is -5.47. The lowest BCUT2D eigenvalue weighted by Crippen LogP contribution is -2.22. The van der Waals surface area contributed by atoms with Crippen LogP contribution < -0.4 is 0 Å². The highest BCUT2D eigenvalue weighted by Crippen LogP contribution is 2.32. The summed E-state index contributed by atoms with van der Waals surface area (Å²) >= 11 is 0. The van der Waals surface area contributed by atoms with Crippen LogP contribution in [-0.2, 0) is 9.73 Å². The third kappa shape index (κ3) is 4.00. The summed E-state index contributed by atoms with van der Waals surface area (Å²) in [6.45, 7) is 5.19. The Labute approximate surface area is 111 Å². The van der Waals surface area contributed by atoms with Gasteiger partial charge in [0.1, 0.15) is 0 Å². The molecule has 0 aromatic heterocycles. The highest BCUT2D eigenvalue weighted by Gasteiger charge is 2.44. The first-order valence-electron chi connectivity index (χ1n) is 5.46. The molecule has 1 unspecified atom stereocenters. The van der Waals surface area contributed by atoms with Gasteiger partial charge in [0.05, 0.1) is 4.90 Å². The SMILES string of the molecule is CC(C)(C)C#CN=S(=O)(c1ccccc1)C(F)(F)F. The molecule has 1 atom stereocenters. The molecule has 0 bridgehead atoms. The zero-order valence-electron chi connectivity index (χ0n) is 10.8. The van der Waals surface area contributed by atoms with Crippen molar-refractivity contribution in [2.24, 2.45) is 9.78 Å². The van der Waals surface area contributed by atoms with E-state index in [1.54, 1.807) is 26.8 Å². The highest BCUT2D eigenvalue weighted by atomic mass is 32.2. The summed E-state index contributed by atoms with van der Waals surface area (Å²) in [5, 5.41) is 0. The maximum Gasteiger partial charge on any atom is 0.484 e. The van der Waals surface area contributed by atoms with Gasteiger partial charge in [-0.2, -0.15) is 13.2 Å². The Morgan fingerprint density at radius 3 is 2.05 bits per heavy atom. The predicted octanol–water partition coefficient (Wildman–Crippen LogP) is 4.04. The maximum absolute atomic E-state index is 13.0. The molecular weight excluding hydrogens is 275 g/mol. The minimum absolute atomic E-state index is 0.384. The average molecular weight is 289 g/mol. The van der Waals surface area contributed by atoms with Crippen LogP contribution in [0.5, 0.6) is 0 Å². The Kier molecular flexibility index (Phi) is 4.31. The van der Waals surface area contributed by atoms with Gasteiger partial charge in [-0.3, -0.25) is 0 Å². The van der Waals surface area contributed by atoms with Crippen molar-refractivity contribution in [3.05, 3.63) is 30.3 Å². The average Bonchev–Trinajstić information content (AvgIpc) is 2.26. The van der Waals surface area contributed by atoms with E-state index in [0.717, 1.165) is 12.1 Å². The van der Waals surface area contributed by atoms with Gasteiger partial charge in [0.25, 0.3) is 0 Å². The largest absolute Gasteiger partial charge is 0.484 e. The van der Waals surface area contributed by atoms with Gasteiger partial charge in [-0.25, -0.2) is 4.21 Å². The fourth-order valence-electron chi connectivity index (χ4n) is 1.10. The van der Waals surface area contributed by atoms with Crippen LogP contribution in [0.1, 0.15) is 20.8 Å². The number of benzene rings is 1. The Hall–Kier alpha value is -1.48. The number of alkyl halides is 3. The molecule has 6 heteroatoms. The Balaban J connectivity index is 3.43. The van der Waals surface area contributed by atoms with Gasteiger partial charge < -0.3 is 0 Å². The normalized spacial score (nSPS) is 15.1. The topological polar surface area (TPSA) is 29.4 Å². The molecule has 0 spiro atoms. The van der Waals surface area contributed by atoms with Crippen LogP contribution in [0.15, 0.2) is 39.6 Å². The molecule has 0 fully saturated rings. The van der Waals surface area contributed by atoms with Crippen molar-refractivity contribution in [3.8, 4) is 12.0 Å². The molecule has 0 amide bonds. The molecule has 2 nitrogen and oxygen atoms in total. The fourth-order valence-corrected chi connectivity index (χ4v) is 2.27. The summed E-state index contributed by atoms with van der Waals surface area (Å²) in [6, 6.07) is 8.63. The lowest BCUT2D eigenvalue weighted by atomic mass is 9.99. The molecule has 19 heavy (non-hydrogen) atoms. The van der Waals surface area contributed by atoms with E-state index in [1.165, 1.54) is 12.1 Å². The first-order chi connectivity index (χ1) is 8.56. The quantitative estimate of drug-likeness (QED) is 0.717. The summed E-state index contributed by atoms with van der Waals surface area (Å²) in [5.74, 6) is 2.52. The molecule has 0 heterocycles. The van der Waals surface area contributed by atoms with Crippen molar-refractivity contribution >= 4 is 9.73 Å². The molecule has 1 aromatic carbocycles. The van der Waals surface area contributed by atoms with Crippen molar-refractivity contribution < 1.29 is 17.4 Å². The number of halogens is 3. The Bertz CT molecular complexity index is 609.